The van der Waals surface area contributed by atoms with Gasteiger partial charge in [0.1, 0.15) is 5.52 Å². The van der Waals surface area contributed by atoms with E-state index in [0.29, 0.717) is 48.8 Å². The van der Waals surface area contributed by atoms with E-state index >= 15 is 0 Å². The van der Waals surface area contributed by atoms with Crippen molar-refractivity contribution < 1.29 is 14.2 Å². The summed E-state index contributed by atoms with van der Waals surface area (Å²) in [4.78, 5) is 19.9. The number of methoxy groups -OCH3 is 2. The molecular weight excluding hydrogens is 470 g/mol. The Kier molecular flexibility index (Phi) is 7.55. The van der Waals surface area contributed by atoms with Gasteiger partial charge in [-0.15, -0.1) is 0 Å². The monoisotopic (exact) mass is 503 g/mol. The topological polar surface area (TPSA) is 109 Å². The van der Waals surface area contributed by atoms with E-state index in [0.717, 1.165) is 48.5 Å². The van der Waals surface area contributed by atoms with Crippen LogP contribution in [0.4, 0.5) is 23.4 Å². The van der Waals surface area contributed by atoms with E-state index in [-0.39, 0.29) is 0 Å². The third-order valence-corrected chi connectivity index (χ3v) is 6.39. The van der Waals surface area contributed by atoms with Gasteiger partial charge in [0.15, 0.2) is 23.0 Å². The Hall–Kier alpha value is -4.05. The zero-order valence-corrected chi connectivity index (χ0v) is 21.5. The van der Waals surface area contributed by atoms with Gasteiger partial charge in [-0.25, -0.2) is 0 Å². The molecule has 3 N–H and O–H groups in total. The molecule has 194 valence electrons. The molecule has 10 nitrogen and oxygen atoms in total. The van der Waals surface area contributed by atoms with Crippen LogP contribution in [0.3, 0.4) is 0 Å². The lowest BCUT2D eigenvalue weighted by atomic mass is 10.1. The van der Waals surface area contributed by atoms with Crippen molar-refractivity contribution >= 4 is 34.6 Å². The number of benzene rings is 2. The molecule has 4 aromatic rings. The highest BCUT2D eigenvalue weighted by molar-refractivity contribution is 5.87. The Morgan fingerprint density at radius 1 is 0.973 bits per heavy atom. The fraction of sp³-hybridized carbons (Fsp3) is 0.370. The van der Waals surface area contributed by atoms with Crippen molar-refractivity contribution in [3.8, 4) is 11.5 Å². The van der Waals surface area contributed by atoms with Crippen LogP contribution in [0.1, 0.15) is 18.1 Å². The summed E-state index contributed by atoms with van der Waals surface area (Å²) in [6.45, 7) is 5.65. The maximum atomic E-state index is 5.56. The van der Waals surface area contributed by atoms with E-state index in [1.807, 2.05) is 30.3 Å². The van der Waals surface area contributed by atoms with E-state index in [9.17, 15) is 0 Å². The highest BCUT2D eigenvalue weighted by atomic mass is 16.5. The summed E-state index contributed by atoms with van der Waals surface area (Å²) in [5.74, 6) is 3.43. The van der Waals surface area contributed by atoms with Gasteiger partial charge in [0, 0.05) is 25.3 Å². The molecule has 37 heavy (non-hydrogen) atoms. The fourth-order valence-electron chi connectivity index (χ4n) is 4.39. The number of rotatable bonds is 10. The molecule has 0 aliphatic carbocycles. The van der Waals surface area contributed by atoms with Crippen LogP contribution in [0, 0.1) is 0 Å². The van der Waals surface area contributed by atoms with Crippen LogP contribution in [0.25, 0.3) is 11.2 Å². The minimum Gasteiger partial charge on any atom is -0.493 e. The van der Waals surface area contributed by atoms with Gasteiger partial charge in [0.25, 0.3) is 0 Å². The van der Waals surface area contributed by atoms with Crippen LogP contribution in [-0.4, -0.2) is 67.0 Å². The predicted octanol–water partition coefficient (Wildman–Crippen LogP) is 4.17. The van der Waals surface area contributed by atoms with Gasteiger partial charge in [0.05, 0.1) is 27.4 Å². The number of ether oxygens (including phenoxy) is 3. The number of morpholine rings is 1. The summed E-state index contributed by atoms with van der Waals surface area (Å²) in [6, 6.07) is 14.3. The first-order chi connectivity index (χ1) is 18.2. The molecule has 5 rings (SSSR count). The Morgan fingerprint density at radius 3 is 2.59 bits per heavy atom. The second-order valence-electron chi connectivity index (χ2n) is 8.80. The van der Waals surface area contributed by atoms with Gasteiger partial charge in [-0.1, -0.05) is 25.1 Å². The summed E-state index contributed by atoms with van der Waals surface area (Å²) in [5.41, 5.74) is 4.78. The summed E-state index contributed by atoms with van der Waals surface area (Å²) >= 11 is 0. The molecule has 1 saturated heterocycles. The minimum absolute atomic E-state index is 0.542. The van der Waals surface area contributed by atoms with Crippen molar-refractivity contribution in [2.24, 2.45) is 0 Å². The molecule has 1 fully saturated rings. The Labute approximate surface area is 216 Å². The molecule has 0 radical (unpaired) electrons. The zero-order valence-electron chi connectivity index (χ0n) is 21.5. The number of anilines is 4. The van der Waals surface area contributed by atoms with Gasteiger partial charge in [-0.2, -0.15) is 15.0 Å². The highest BCUT2D eigenvalue weighted by Gasteiger charge is 2.20. The molecule has 0 saturated carbocycles. The van der Waals surface area contributed by atoms with Gasteiger partial charge < -0.3 is 34.7 Å². The smallest absolute Gasteiger partial charge is 0.226 e. The Morgan fingerprint density at radius 2 is 1.81 bits per heavy atom. The molecule has 0 bridgehead atoms. The van der Waals surface area contributed by atoms with Crippen molar-refractivity contribution in [3.63, 3.8) is 0 Å². The number of H-pyrrole nitrogens is 1. The lowest BCUT2D eigenvalue weighted by molar-refractivity contribution is 0.122. The van der Waals surface area contributed by atoms with E-state index in [2.05, 4.69) is 39.6 Å². The van der Waals surface area contributed by atoms with E-state index < -0.39 is 0 Å². The van der Waals surface area contributed by atoms with Gasteiger partial charge in [0.2, 0.25) is 11.9 Å². The largest absolute Gasteiger partial charge is 0.493 e. The quantitative estimate of drug-likeness (QED) is 0.294. The molecule has 10 heteroatoms. The number of aromatic amines is 1. The first-order valence-electron chi connectivity index (χ1n) is 12.6. The number of imidazole rings is 1. The molecule has 3 heterocycles. The molecular formula is C27H33N7O3. The molecule has 0 spiro atoms. The van der Waals surface area contributed by atoms with Crippen molar-refractivity contribution in [2.45, 2.75) is 19.8 Å². The average molecular weight is 504 g/mol. The van der Waals surface area contributed by atoms with Crippen LogP contribution in [0.5, 0.6) is 11.5 Å². The van der Waals surface area contributed by atoms with Crippen LogP contribution < -0.4 is 25.0 Å². The molecule has 0 unspecified atom stereocenters. The van der Waals surface area contributed by atoms with E-state index in [1.54, 1.807) is 14.2 Å². The average Bonchev–Trinajstić information content (AvgIpc) is 3.35. The normalized spacial score (nSPS) is 13.5. The highest BCUT2D eigenvalue weighted by Crippen LogP contribution is 2.29. The third kappa shape index (κ3) is 5.69. The van der Waals surface area contributed by atoms with Crippen LogP contribution in [0.15, 0.2) is 42.5 Å². The van der Waals surface area contributed by atoms with Crippen LogP contribution in [-0.2, 0) is 17.6 Å². The zero-order chi connectivity index (χ0) is 25.6. The number of fused-ring (bicyclic) bond motifs is 1. The van der Waals surface area contributed by atoms with Crippen LogP contribution >= 0.6 is 0 Å². The molecule has 0 amide bonds. The first-order valence-corrected chi connectivity index (χ1v) is 12.6. The van der Waals surface area contributed by atoms with Gasteiger partial charge in [-0.3, -0.25) is 0 Å². The predicted molar refractivity (Wildman–Crippen MR) is 146 cm³/mol. The number of hydrogen-bond donors (Lipinski definition) is 3. The van der Waals surface area contributed by atoms with Crippen molar-refractivity contribution in [1.82, 2.24) is 19.9 Å². The summed E-state index contributed by atoms with van der Waals surface area (Å²) < 4.78 is 16.3. The fourth-order valence-corrected chi connectivity index (χ4v) is 4.39. The standard InChI is InChI=1S/C27H33N7O3/c1-4-18-6-5-7-20(16-18)29-27-30-23-24(32-27)31-26(33-25(23)34-12-14-37-15-13-34)28-11-10-19-8-9-21(35-2)22(17-19)36-3/h5-9,16-17H,4,10-15H2,1-3H3,(H3,28,29,30,31,32,33). The second kappa shape index (κ2) is 11.3. The Bertz CT molecular complexity index is 1350. The third-order valence-electron chi connectivity index (χ3n) is 6.39. The van der Waals surface area contributed by atoms with Gasteiger partial charge in [-0.05, 0) is 48.2 Å². The van der Waals surface area contributed by atoms with Crippen molar-refractivity contribution in [3.05, 3.63) is 53.6 Å². The number of hydrogen-bond acceptors (Lipinski definition) is 9. The lowest BCUT2D eigenvalue weighted by Crippen LogP contribution is -2.37. The lowest BCUT2D eigenvalue weighted by Gasteiger charge is -2.28. The van der Waals surface area contributed by atoms with Crippen LogP contribution in [0.2, 0.25) is 0 Å². The SMILES string of the molecule is CCc1cccc(Nc2nc3nc(NCCc4ccc(OC)c(OC)c4)nc(N4CCOCC4)c3[nH]2)c1. The second-order valence-corrected chi connectivity index (χ2v) is 8.80. The summed E-state index contributed by atoms with van der Waals surface area (Å²) in [5, 5.41) is 6.76. The number of aromatic nitrogens is 4. The molecule has 1 aliphatic rings. The molecule has 2 aromatic heterocycles. The maximum Gasteiger partial charge on any atom is 0.226 e. The molecule has 1 aliphatic heterocycles. The first kappa shape index (κ1) is 24.6. The van der Waals surface area contributed by atoms with E-state index in [4.69, 9.17) is 29.2 Å². The van der Waals surface area contributed by atoms with E-state index in [1.165, 1.54) is 5.56 Å². The maximum absolute atomic E-state index is 5.56. The molecule has 0 atom stereocenters. The number of aryl methyl sites for hydroxylation is 1. The summed E-state index contributed by atoms with van der Waals surface area (Å²) in [6.07, 6.45) is 1.75. The number of nitrogens with zero attached hydrogens (tertiary/aromatic N) is 4. The van der Waals surface area contributed by atoms with Gasteiger partial charge >= 0.3 is 0 Å². The number of nitrogens with one attached hydrogen (secondary N) is 3. The minimum atomic E-state index is 0.542. The van der Waals surface area contributed by atoms with Crippen molar-refractivity contribution in [2.75, 3.05) is 62.6 Å². The Balaban J connectivity index is 1.38. The van der Waals surface area contributed by atoms with Crippen molar-refractivity contribution in [1.29, 1.82) is 0 Å². The summed E-state index contributed by atoms with van der Waals surface area (Å²) in [7, 11) is 3.28. The molecule has 2 aromatic carbocycles.